The summed E-state index contributed by atoms with van der Waals surface area (Å²) in [5, 5.41) is 0. The lowest BCUT2D eigenvalue weighted by Gasteiger charge is -2.26. The van der Waals surface area contributed by atoms with Crippen molar-refractivity contribution in [3.8, 4) is 0 Å². The van der Waals surface area contributed by atoms with Crippen molar-refractivity contribution in [1.29, 1.82) is 0 Å². The third-order valence-corrected chi connectivity index (χ3v) is 3.39. The summed E-state index contributed by atoms with van der Waals surface area (Å²) in [6.45, 7) is 4.56. The number of aliphatic imine (C=N–C) groups is 1. The van der Waals surface area contributed by atoms with Gasteiger partial charge in [0.2, 0.25) is 0 Å². The minimum atomic E-state index is -0.0992. The number of piperidine rings is 1. The van der Waals surface area contributed by atoms with Gasteiger partial charge in [-0.2, -0.15) is 0 Å². The van der Waals surface area contributed by atoms with E-state index in [9.17, 15) is 4.79 Å². The Hall–Kier alpha value is -1.28. The van der Waals surface area contributed by atoms with E-state index in [2.05, 4.69) is 17.8 Å². The predicted molar refractivity (Wildman–Crippen MR) is 66.1 cm³/mol. The maximum atomic E-state index is 11.6. The van der Waals surface area contributed by atoms with E-state index in [1.807, 2.05) is 4.90 Å². The number of carbonyl (C=O) groups excluding carboxylic acids is 1. The molecule has 2 heterocycles. The molecule has 4 heteroatoms. The quantitative estimate of drug-likeness (QED) is 0.739. The van der Waals surface area contributed by atoms with Crippen molar-refractivity contribution in [3.05, 3.63) is 6.20 Å². The van der Waals surface area contributed by atoms with Crippen LogP contribution in [-0.4, -0.2) is 36.6 Å². The molecule has 3 rings (SSSR count). The number of likely N-dealkylation sites (tertiary alicyclic amines) is 1. The molecule has 0 spiro atoms. The van der Waals surface area contributed by atoms with E-state index in [4.69, 9.17) is 4.74 Å². The summed E-state index contributed by atoms with van der Waals surface area (Å²) in [7, 11) is 0. The minimum Gasteiger partial charge on any atom is -0.449 e. The van der Waals surface area contributed by atoms with E-state index in [0.29, 0.717) is 12.0 Å². The molecule has 0 bridgehead atoms. The molecule has 1 saturated heterocycles. The SMILES string of the molecule is C1=CN=1.CC1(COC(=O)N2CCCCC2)CC1. The van der Waals surface area contributed by atoms with E-state index < -0.39 is 0 Å². The number of rotatable bonds is 2. The minimum absolute atomic E-state index is 0.0992. The molecule has 17 heavy (non-hydrogen) atoms. The van der Waals surface area contributed by atoms with Crippen molar-refractivity contribution in [1.82, 2.24) is 4.90 Å². The first kappa shape index (κ1) is 12.2. The van der Waals surface area contributed by atoms with Gasteiger partial charge in [-0.15, -0.1) is 0 Å². The fourth-order valence-electron chi connectivity index (χ4n) is 1.76. The summed E-state index contributed by atoms with van der Waals surface area (Å²) in [4.78, 5) is 16.8. The molecule has 2 fully saturated rings. The maximum Gasteiger partial charge on any atom is 0.409 e. The summed E-state index contributed by atoms with van der Waals surface area (Å²) in [6, 6.07) is 0. The molecule has 1 amide bonds. The molecule has 0 aromatic heterocycles. The molecular formula is C13H20N2O2. The molecule has 1 saturated carbocycles. The standard InChI is InChI=1S/C11H19NO2.C2HN/c1-11(5-6-11)9-14-10(13)12-7-3-2-4-8-12;1-2-3-1/h2-9H2,1H3;1H. The van der Waals surface area contributed by atoms with E-state index in [1.165, 1.54) is 19.3 Å². The summed E-state index contributed by atoms with van der Waals surface area (Å²) in [5.74, 6) is 2.50. The molecule has 1 aliphatic carbocycles. The maximum absolute atomic E-state index is 11.6. The molecule has 0 radical (unpaired) electrons. The van der Waals surface area contributed by atoms with Gasteiger partial charge in [-0.1, -0.05) is 6.92 Å². The number of hydrogen-bond acceptors (Lipinski definition) is 3. The summed E-state index contributed by atoms with van der Waals surface area (Å²) < 4.78 is 5.30. The van der Waals surface area contributed by atoms with E-state index in [1.54, 1.807) is 6.20 Å². The van der Waals surface area contributed by atoms with Gasteiger partial charge < -0.3 is 9.64 Å². The highest BCUT2D eigenvalue weighted by Crippen LogP contribution is 2.45. The first-order valence-corrected chi connectivity index (χ1v) is 6.38. The van der Waals surface area contributed by atoms with Gasteiger partial charge in [-0.3, -0.25) is 0 Å². The molecule has 94 valence electrons. The number of hydrogen-bond donors (Lipinski definition) is 0. The molecule has 2 aliphatic heterocycles. The number of amides is 1. The van der Waals surface area contributed by atoms with Gasteiger partial charge in [0.05, 0.1) is 12.8 Å². The summed E-state index contributed by atoms with van der Waals surface area (Å²) >= 11 is 0. The van der Waals surface area contributed by atoms with Crippen LogP contribution in [0.5, 0.6) is 0 Å². The highest BCUT2D eigenvalue weighted by Gasteiger charge is 2.39. The lowest BCUT2D eigenvalue weighted by molar-refractivity contribution is 0.0799. The van der Waals surface area contributed by atoms with Crippen LogP contribution in [0.1, 0.15) is 39.0 Å². The highest BCUT2D eigenvalue weighted by atomic mass is 16.6. The smallest absolute Gasteiger partial charge is 0.409 e. The molecule has 0 aromatic carbocycles. The Bertz CT molecular complexity index is 329. The Balaban J connectivity index is 0.000000313. The lowest BCUT2D eigenvalue weighted by atomic mass is 10.1. The highest BCUT2D eigenvalue weighted by molar-refractivity contribution is 5.67. The normalized spacial score (nSPS) is 22.5. The zero-order chi connectivity index (χ0) is 12.1. The molecule has 0 aromatic rings. The monoisotopic (exact) mass is 236 g/mol. The van der Waals surface area contributed by atoms with Crippen LogP contribution in [0, 0.1) is 5.41 Å². The molecular weight excluding hydrogens is 216 g/mol. The third-order valence-electron chi connectivity index (χ3n) is 3.39. The van der Waals surface area contributed by atoms with Crippen LogP contribution in [-0.2, 0) is 4.74 Å². The summed E-state index contributed by atoms with van der Waals surface area (Å²) in [6.07, 6.45) is 7.46. The first-order chi connectivity index (χ1) is 8.20. The van der Waals surface area contributed by atoms with Crippen LogP contribution in [0.2, 0.25) is 0 Å². The summed E-state index contributed by atoms with van der Waals surface area (Å²) in [5.41, 5.74) is 0.311. The zero-order valence-electron chi connectivity index (χ0n) is 10.4. The fourth-order valence-corrected chi connectivity index (χ4v) is 1.76. The molecule has 0 atom stereocenters. The average molecular weight is 236 g/mol. The van der Waals surface area contributed by atoms with Crippen LogP contribution < -0.4 is 0 Å². The van der Waals surface area contributed by atoms with Gasteiger partial charge in [-0.25, -0.2) is 9.79 Å². The first-order valence-electron chi connectivity index (χ1n) is 6.38. The molecule has 0 N–H and O–H groups in total. The second kappa shape index (κ2) is 5.37. The topological polar surface area (TPSA) is 41.9 Å². The van der Waals surface area contributed by atoms with Crippen molar-refractivity contribution in [2.45, 2.75) is 39.0 Å². The van der Waals surface area contributed by atoms with Crippen molar-refractivity contribution in [2.75, 3.05) is 19.7 Å². The second-order valence-electron chi connectivity index (χ2n) is 5.30. The Morgan fingerprint density at radius 3 is 2.47 bits per heavy atom. The third kappa shape index (κ3) is 4.61. The van der Waals surface area contributed by atoms with Crippen molar-refractivity contribution in [3.63, 3.8) is 0 Å². The molecule has 4 nitrogen and oxygen atoms in total. The van der Waals surface area contributed by atoms with Crippen LogP contribution in [0.25, 0.3) is 0 Å². The predicted octanol–water partition coefficient (Wildman–Crippen LogP) is 2.59. The van der Waals surface area contributed by atoms with Gasteiger partial charge in [0.1, 0.15) is 0 Å². The molecule has 3 aliphatic rings. The van der Waals surface area contributed by atoms with Crippen LogP contribution in [0.15, 0.2) is 11.2 Å². The van der Waals surface area contributed by atoms with Crippen molar-refractivity contribution < 1.29 is 9.53 Å². The van der Waals surface area contributed by atoms with Gasteiger partial charge >= 0.3 is 6.09 Å². The van der Waals surface area contributed by atoms with Crippen molar-refractivity contribution >= 4 is 12.0 Å². The van der Waals surface area contributed by atoms with E-state index >= 15 is 0 Å². The Kier molecular flexibility index (Phi) is 3.85. The number of carbonyl (C=O) groups is 1. The van der Waals surface area contributed by atoms with E-state index in [-0.39, 0.29) is 6.09 Å². The lowest BCUT2D eigenvalue weighted by Crippen LogP contribution is -2.36. The Labute approximate surface area is 102 Å². The van der Waals surface area contributed by atoms with Crippen LogP contribution in [0.4, 0.5) is 4.79 Å². The van der Waals surface area contributed by atoms with Gasteiger partial charge in [0.25, 0.3) is 0 Å². The second-order valence-corrected chi connectivity index (χ2v) is 5.30. The van der Waals surface area contributed by atoms with Crippen LogP contribution >= 0.6 is 0 Å². The average Bonchev–Trinajstić information content (AvgIpc) is 3.23. The van der Waals surface area contributed by atoms with E-state index in [0.717, 1.165) is 25.9 Å². The largest absolute Gasteiger partial charge is 0.449 e. The Morgan fingerprint density at radius 1 is 1.41 bits per heavy atom. The van der Waals surface area contributed by atoms with Crippen LogP contribution in [0.3, 0.4) is 0 Å². The van der Waals surface area contributed by atoms with Gasteiger partial charge in [0.15, 0.2) is 0 Å². The number of ether oxygens (including phenoxy) is 1. The Morgan fingerprint density at radius 2 is 2.00 bits per heavy atom. The molecule has 0 unspecified atom stereocenters. The van der Waals surface area contributed by atoms with Gasteiger partial charge in [0, 0.05) is 24.4 Å². The fraction of sp³-hybridized carbons (Fsp3) is 0.769. The number of nitrogens with zero attached hydrogens (tertiary/aromatic N) is 2. The van der Waals surface area contributed by atoms with Crippen molar-refractivity contribution in [2.24, 2.45) is 10.4 Å². The zero-order valence-corrected chi connectivity index (χ0v) is 10.4. The van der Waals surface area contributed by atoms with Gasteiger partial charge in [-0.05, 0) is 32.1 Å².